The van der Waals surface area contributed by atoms with E-state index in [9.17, 15) is 4.79 Å². The Morgan fingerprint density at radius 3 is 2.50 bits per heavy atom. The summed E-state index contributed by atoms with van der Waals surface area (Å²) in [6, 6.07) is 5.51. The van der Waals surface area contributed by atoms with E-state index in [1.165, 1.54) is 6.92 Å². The molecule has 94 valence electrons. The summed E-state index contributed by atoms with van der Waals surface area (Å²) >= 11 is 0. The zero-order valence-corrected chi connectivity index (χ0v) is 10.5. The van der Waals surface area contributed by atoms with Crippen molar-refractivity contribution in [2.45, 2.75) is 6.92 Å². The standard InChI is InChI=1S/C13H14N2O3/c1-8(16)13-14-7-10(15-13)9-4-5-11(17-2)12(6-9)18-3/h4-7H,1-3H3,(H,14,15). The van der Waals surface area contributed by atoms with E-state index < -0.39 is 0 Å². The number of ether oxygens (including phenoxy) is 2. The maximum Gasteiger partial charge on any atom is 0.194 e. The first-order chi connectivity index (χ1) is 8.65. The van der Waals surface area contributed by atoms with Crippen LogP contribution in [0.1, 0.15) is 17.5 Å². The van der Waals surface area contributed by atoms with Gasteiger partial charge in [0.1, 0.15) is 0 Å². The number of hydrogen-bond acceptors (Lipinski definition) is 4. The van der Waals surface area contributed by atoms with Crippen LogP contribution < -0.4 is 9.47 Å². The molecule has 0 aliphatic heterocycles. The van der Waals surface area contributed by atoms with Gasteiger partial charge in [-0.15, -0.1) is 0 Å². The number of carbonyl (C=O) groups is 1. The molecular weight excluding hydrogens is 232 g/mol. The molecule has 5 heteroatoms. The van der Waals surface area contributed by atoms with Crippen molar-refractivity contribution in [1.29, 1.82) is 0 Å². The molecule has 0 atom stereocenters. The third-order valence-corrected chi connectivity index (χ3v) is 2.60. The number of nitrogens with zero attached hydrogens (tertiary/aromatic N) is 1. The van der Waals surface area contributed by atoms with Crippen molar-refractivity contribution in [3.63, 3.8) is 0 Å². The lowest BCUT2D eigenvalue weighted by molar-refractivity contribution is 0.100. The topological polar surface area (TPSA) is 64.2 Å². The van der Waals surface area contributed by atoms with Gasteiger partial charge < -0.3 is 14.5 Å². The first kappa shape index (κ1) is 12.2. The number of rotatable bonds is 4. The van der Waals surface area contributed by atoms with E-state index in [4.69, 9.17) is 9.47 Å². The number of benzene rings is 1. The number of methoxy groups -OCH3 is 2. The van der Waals surface area contributed by atoms with Gasteiger partial charge in [-0.3, -0.25) is 4.79 Å². The zero-order valence-electron chi connectivity index (χ0n) is 10.5. The van der Waals surface area contributed by atoms with Crippen LogP contribution in [0.2, 0.25) is 0 Å². The number of aromatic nitrogens is 2. The lowest BCUT2D eigenvalue weighted by Crippen LogP contribution is -1.94. The Hall–Kier alpha value is -2.30. The Morgan fingerprint density at radius 1 is 1.22 bits per heavy atom. The second kappa shape index (κ2) is 4.91. The lowest BCUT2D eigenvalue weighted by Gasteiger charge is -2.08. The number of ketones is 1. The lowest BCUT2D eigenvalue weighted by atomic mass is 10.1. The highest BCUT2D eigenvalue weighted by Crippen LogP contribution is 2.31. The zero-order chi connectivity index (χ0) is 13.1. The van der Waals surface area contributed by atoms with Gasteiger partial charge in [0, 0.05) is 12.5 Å². The molecule has 0 spiro atoms. The van der Waals surface area contributed by atoms with Crippen molar-refractivity contribution < 1.29 is 14.3 Å². The number of aromatic amines is 1. The van der Waals surface area contributed by atoms with Crippen molar-refractivity contribution in [2.75, 3.05) is 14.2 Å². The summed E-state index contributed by atoms with van der Waals surface area (Å²) in [7, 11) is 3.16. The van der Waals surface area contributed by atoms with Crippen molar-refractivity contribution in [3.05, 3.63) is 30.2 Å². The normalized spacial score (nSPS) is 10.2. The van der Waals surface area contributed by atoms with Crippen LogP contribution >= 0.6 is 0 Å². The van der Waals surface area contributed by atoms with Gasteiger partial charge in [0.05, 0.1) is 26.1 Å². The molecular formula is C13H14N2O3. The summed E-state index contributed by atoms with van der Waals surface area (Å²) in [6.07, 6.45) is 1.62. The third-order valence-electron chi connectivity index (χ3n) is 2.60. The summed E-state index contributed by atoms with van der Waals surface area (Å²) in [4.78, 5) is 18.1. The second-order valence-corrected chi connectivity index (χ2v) is 3.77. The maximum absolute atomic E-state index is 11.2. The fourth-order valence-corrected chi connectivity index (χ4v) is 1.65. The molecule has 0 saturated heterocycles. The SMILES string of the molecule is COc1ccc(-c2cnc(C(C)=O)[nH]2)cc1OC. The Labute approximate surface area is 105 Å². The van der Waals surface area contributed by atoms with E-state index in [0.29, 0.717) is 17.3 Å². The summed E-state index contributed by atoms with van der Waals surface area (Å²) in [5.41, 5.74) is 1.65. The molecule has 0 aliphatic rings. The number of Topliss-reactive ketones (excluding diaryl/α,β-unsaturated/α-hetero) is 1. The molecule has 2 rings (SSSR count). The maximum atomic E-state index is 11.2. The Kier molecular flexibility index (Phi) is 3.32. The van der Waals surface area contributed by atoms with Crippen LogP contribution in [-0.2, 0) is 0 Å². The largest absolute Gasteiger partial charge is 0.493 e. The Balaban J connectivity index is 2.41. The van der Waals surface area contributed by atoms with Gasteiger partial charge in [-0.1, -0.05) is 0 Å². The van der Waals surface area contributed by atoms with E-state index in [0.717, 1.165) is 11.3 Å². The van der Waals surface area contributed by atoms with E-state index in [1.807, 2.05) is 18.2 Å². The molecule has 0 radical (unpaired) electrons. The predicted octanol–water partition coefficient (Wildman–Crippen LogP) is 2.30. The molecule has 1 N–H and O–H groups in total. The summed E-state index contributed by atoms with van der Waals surface area (Å²) in [6.45, 7) is 1.47. The van der Waals surface area contributed by atoms with E-state index >= 15 is 0 Å². The van der Waals surface area contributed by atoms with Gasteiger partial charge in [-0.2, -0.15) is 0 Å². The third kappa shape index (κ3) is 2.20. The monoisotopic (exact) mass is 246 g/mol. The minimum Gasteiger partial charge on any atom is -0.493 e. The van der Waals surface area contributed by atoms with Crippen molar-refractivity contribution in [1.82, 2.24) is 9.97 Å². The van der Waals surface area contributed by atoms with E-state index in [1.54, 1.807) is 20.4 Å². The van der Waals surface area contributed by atoms with Crippen LogP contribution in [-0.4, -0.2) is 30.0 Å². The van der Waals surface area contributed by atoms with Crippen molar-refractivity contribution >= 4 is 5.78 Å². The van der Waals surface area contributed by atoms with Crippen LogP contribution in [0.25, 0.3) is 11.3 Å². The molecule has 0 bridgehead atoms. The van der Waals surface area contributed by atoms with Crippen LogP contribution in [0.4, 0.5) is 0 Å². The predicted molar refractivity (Wildman–Crippen MR) is 67.1 cm³/mol. The van der Waals surface area contributed by atoms with Gasteiger partial charge >= 0.3 is 0 Å². The van der Waals surface area contributed by atoms with Crippen LogP contribution in [0, 0.1) is 0 Å². The van der Waals surface area contributed by atoms with Crippen LogP contribution in [0.3, 0.4) is 0 Å². The fourth-order valence-electron chi connectivity index (χ4n) is 1.65. The summed E-state index contributed by atoms with van der Waals surface area (Å²) in [5.74, 6) is 1.54. The molecule has 0 fully saturated rings. The van der Waals surface area contributed by atoms with E-state index in [-0.39, 0.29) is 5.78 Å². The summed E-state index contributed by atoms with van der Waals surface area (Å²) in [5, 5.41) is 0. The van der Waals surface area contributed by atoms with Gasteiger partial charge in [0.25, 0.3) is 0 Å². The van der Waals surface area contributed by atoms with Crippen LogP contribution in [0.15, 0.2) is 24.4 Å². The van der Waals surface area contributed by atoms with Crippen molar-refractivity contribution in [3.8, 4) is 22.8 Å². The fraction of sp³-hybridized carbons (Fsp3) is 0.231. The Bertz CT molecular complexity index is 575. The molecule has 0 saturated carbocycles. The minimum absolute atomic E-state index is 0.0956. The average molecular weight is 246 g/mol. The number of carbonyl (C=O) groups excluding carboxylic acids is 1. The number of nitrogens with one attached hydrogen (secondary N) is 1. The van der Waals surface area contributed by atoms with Gasteiger partial charge in [0.2, 0.25) is 0 Å². The Morgan fingerprint density at radius 2 is 1.94 bits per heavy atom. The second-order valence-electron chi connectivity index (χ2n) is 3.77. The molecule has 0 aliphatic carbocycles. The molecule has 0 amide bonds. The highest BCUT2D eigenvalue weighted by atomic mass is 16.5. The molecule has 18 heavy (non-hydrogen) atoms. The minimum atomic E-state index is -0.0956. The number of H-pyrrole nitrogens is 1. The van der Waals surface area contributed by atoms with Gasteiger partial charge in [-0.25, -0.2) is 4.98 Å². The molecule has 1 aromatic heterocycles. The highest BCUT2D eigenvalue weighted by molar-refractivity contribution is 5.91. The number of hydrogen-bond donors (Lipinski definition) is 1. The average Bonchev–Trinajstić information content (AvgIpc) is 2.87. The quantitative estimate of drug-likeness (QED) is 0.841. The first-order valence-corrected chi connectivity index (χ1v) is 5.44. The van der Waals surface area contributed by atoms with E-state index in [2.05, 4.69) is 9.97 Å². The summed E-state index contributed by atoms with van der Waals surface area (Å²) < 4.78 is 10.4. The molecule has 1 heterocycles. The first-order valence-electron chi connectivity index (χ1n) is 5.44. The highest BCUT2D eigenvalue weighted by Gasteiger charge is 2.09. The molecule has 1 aromatic carbocycles. The smallest absolute Gasteiger partial charge is 0.194 e. The van der Waals surface area contributed by atoms with Gasteiger partial charge in [-0.05, 0) is 18.2 Å². The number of imidazole rings is 1. The molecule has 2 aromatic rings. The molecule has 5 nitrogen and oxygen atoms in total. The molecule has 0 unspecified atom stereocenters. The van der Waals surface area contributed by atoms with Crippen molar-refractivity contribution in [2.24, 2.45) is 0 Å². The van der Waals surface area contributed by atoms with Crippen LogP contribution in [0.5, 0.6) is 11.5 Å². The van der Waals surface area contributed by atoms with Gasteiger partial charge in [0.15, 0.2) is 23.1 Å².